The van der Waals surface area contributed by atoms with Crippen LogP contribution in [0.2, 0.25) is 0 Å². The highest BCUT2D eigenvalue weighted by Gasteiger charge is 1.93. The average Bonchev–Trinajstić information content (AvgIpc) is 2.28. The molecule has 0 atom stereocenters. The topological polar surface area (TPSA) is 26.3 Å². The molecule has 0 aliphatic rings. The molecule has 0 saturated carbocycles. The third-order valence-electron chi connectivity index (χ3n) is 1.58. The summed E-state index contributed by atoms with van der Waals surface area (Å²) in [7, 11) is 0. The van der Waals surface area contributed by atoms with Gasteiger partial charge in [-0.25, -0.2) is 4.79 Å². The minimum absolute atomic E-state index is 0.318. The van der Waals surface area contributed by atoms with Crippen molar-refractivity contribution in [3.8, 4) is 0 Å². The number of carbonyl (C=O) groups excluding carboxylic acids is 1. The zero-order chi connectivity index (χ0) is 11.9. The largest absolute Gasteiger partial charge is 0.463 e. The lowest BCUT2D eigenvalue weighted by atomic mass is 10.2. The van der Waals surface area contributed by atoms with Gasteiger partial charge in [0.1, 0.15) is 0 Å². The molecule has 86 valence electrons. The summed E-state index contributed by atoms with van der Waals surface area (Å²) in [6.45, 7) is 12.7. The van der Waals surface area contributed by atoms with Crippen molar-refractivity contribution in [3.63, 3.8) is 0 Å². The molecule has 0 saturated heterocycles. The standard InChI is InChI=1S/C9H16O2.C4H6/c1-3-5-6-7-8-11-9(10)4-2;1-3-4-2/h4H,2-3,5-8H2,1H3;3-4H,1-2H2. The molecule has 2 heteroatoms. The normalized spacial score (nSPS) is 8.07. The van der Waals surface area contributed by atoms with E-state index in [9.17, 15) is 4.79 Å². The van der Waals surface area contributed by atoms with Gasteiger partial charge in [-0.15, -0.1) is 0 Å². The second-order valence-corrected chi connectivity index (χ2v) is 2.90. The molecule has 0 aliphatic heterocycles. The zero-order valence-corrected chi connectivity index (χ0v) is 9.71. The highest BCUT2D eigenvalue weighted by Crippen LogP contribution is 1.98. The Morgan fingerprint density at radius 1 is 1.13 bits per heavy atom. The van der Waals surface area contributed by atoms with Crippen LogP contribution in [-0.4, -0.2) is 12.6 Å². The first kappa shape index (κ1) is 16.1. The van der Waals surface area contributed by atoms with E-state index in [4.69, 9.17) is 4.74 Å². The summed E-state index contributed by atoms with van der Waals surface area (Å²) in [4.78, 5) is 10.5. The molecule has 0 fully saturated rings. The van der Waals surface area contributed by atoms with Crippen LogP contribution >= 0.6 is 0 Å². The minimum Gasteiger partial charge on any atom is -0.463 e. The number of hydrogen-bond donors (Lipinski definition) is 0. The highest BCUT2D eigenvalue weighted by atomic mass is 16.5. The molecule has 0 amide bonds. The Balaban J connectivity index is 0. The zero-order valence-electron chi connectivity index (χ0n) is 9.71. The molecular weight excluding hydrogens is 188 g/mol. The Morgan fingerprint density at radius 2 is 1.73 bits per heavy atom. The summed E-state index contributed by atoms with van der Waals surface area (Å²) in [5, 5.41) is 0. The molecule has 0 aromatic rings. The lowest BCUT2D eigenvalue weighted by Gasteiger charge is -1.99. The van der Waals surface area contributed by atoms with E-state index >= 15 is 0 Å². The fourth-order valence-electron chi connectivity index (χ4n) is 0.761. The van der Waals surface area contributed by atoms with Crippen molar-refractivity contribution in [2.24, 2.45) is 0 Å². The predicted octanol–water partition coefficient (Wildman–Crippen LogP) is 3.65. The second kappa shape index (κ2) is 15.2. The van der Waals surface area contributed by atoms with E-state index in [0.717, 1.165) is 12.8 Å². The molecule has 0 aromatic carbocycles. The third kappa shape index (κ3) is 19.2. The number of esters is 1. The highest BCUT2D eigenvalue weighted by molar-refractivity contribution is 5.81. The molecule has 0 N–H and O–H groups in total. The van der Waals surface area contributed by atoms with Gasteiger partial charge < -0.3 is 4.74 Å². The molecule has 0 bridgehead atoms. The van der Waals surface area contributed by atoms with E-state index in [2.05, 4.69) is 26.7 Å². The molecular formula is C13H22O2. The summed E-state index contributed by atoms with van der Waals surface area (Å²) >= 11 is 0. The van der Waals surface area contributed by atoms with Crippen LogP contribution in [0.25, 0.3) is 0 Å². The van der Waals surface area contributed by atoms with Crippen molar-refractivity contribution in [2.75, 3.05) is 6.61 Å². The monoisotopic (exact) mass is 210 g/mol. The summed E-state index contributed by atoms with van der Waals surface area (Å²) in [6.07, 6.45) is 9.00. The Morgan fingerprint density at radius 3 is 2.13 bits per heavy atom. The van der Waals surface area contributed by atoms with E-state index in [-0.39, 0.29) is 5.97 Å². The molecule has 0 aromatic heterocycles. The van der Waals surface area contributed by atoms with Crippen LogP contribution < -0.4 is 0 Å². The van der Waals surface area contributed by atoms with Gasteiger partial charge in [0.2, 0.25) is 0 Å². The Kier molecular flexibility index (Phi) is 16.3. The van der Waals surface area contributed by atoms with Crippen LogP contribution in [0.15, 0.2) is 38.0 Å². The van der Waals surface area contributed by atoms with Crippen molar-refractivity contribution < 1.29 is 9.53 Å². The van der Waals surface area contributed by atoms with E-state index < -0.39 is 0 Å². The van der Waals surface area contributed by atoms with Gasteiger partial charge in [0.15, 0.2) is 0 Å². The number of allylic oxidation sites excluding steroid dienone is 2. The molecule has 0 aliphatic carbocycles. The summed E-state index contributed by atoms with van der Waals surface area (Å²) in [5.74, 6) is -0.318. The van der Waals surface area contributed by atoms with Crippen LogP contribution in [0.4, 0.5) is 0 Å². The number of carbonyl (C=O) groups is 1. The van der Waals surface area contributed by atoms with Gasteiger partial charge in [-0.05, 0) is 6.42 Å². The maximum atomic E-state index is 10.5. The fourth-order valence-corrected chi connectivity index (χ4v) is 0.761. The summed E-state index contributed by atoms with van der Waals surface area (Å²) in [6, 6.07) is 0. The van der Waals surface area contributed by atoms with Gasteiger partial charge >= 0.3 is 5.97 Å². The molecule has 0 unspecified atom stereocenters. The van der Waals surface area contributed by atoms with Gasteiger partial charge in [-0.3, -0.25) is 0 Å². The molecule has 0 heterocycles. The quantitative estimate of drug-likeness (QED) is 0.277. The van der Waals surface area contributed by atoms with Crippen molar-refractivity contribution in [3.05, 3.63) is 38.0 Å². The SMILES string of the molecule is C=CC(=O)OCCCCCC.C=CC=C. The third-order valence-corrected chi connectivity index (χ3v) is 1.58. The molecule has 0 radical (unpaired) electrons. The van der Waals surface area contributed by atoms with Crippen molar-refractivity contribution in [1.82, 2.24) is 0 Å². The molecule has 0 rings (SSSR count). The van der Waals surface area contributed by atoms with Gasteiger partial charge in [0.25, 0.3) is 0 Å². The van der Waals surface area contributed by atoms with Crippen LogP contribution in [0.5, 0.6) is 0 Å². The van der Waals surface area contributed by atoms with Crippen molar-refractivity contribution in [2.45, 2.75) is 32.6 Å². The van der Waals surface area contributed by atoms with Gasteiger partial charge in [0.05, 0.1) is 6.61 Å². The van der Waals surface area contributed by atoms with Crippen LogP contribution in [0, 0.1) is 0 Å². The Labute approximate surface area is 93.3 Å². The van der Waals surface area contributed by atoms with Crippen LogP contribution in [0.3, 0.4) is 0 Å². The minimum atomic E-state index is -0.318. The van der Waals surface area contributed by atoms with Gasteiger partial charge in [-0.2, -0.15) is 0 Å². The smallest absolute Gasteiger partial charge is 0.330 e. The van der Waals surface area contributed by atoms with Crippen LogP contribution in [0.1, 0.15) is 32.6 Å². The molecule has 15 heavy (non-hydrogen) atoms. The number of unbranched alkanes of at least 4 members (excludes halogenated alkanes) is 3. The fraction of sp³-hybridized carbons (Fsp3) is 0.462. The van der Waals surface area contributed by atoms with Crippen LogP contribution in [-0.2, 0) is 9.53 Å². The first-order chi connectivity index (χ1) is 7.22. The second-order valence-electron chi connectivity index (χ2n) is 2.90. The lowest BCUT2D eigenvalue weighted by molar-refractivity contribution is -0.137. The maximum Gasteiger partial charge on any atom is 0.330 e. The van der Waals surface area contributed by atoms with E-state index in [1.165, 1.54) is 18.9 Å². The first-order valence-corrected chi connectivity index (χ1v) is 5.25. The predicted molar refractivity (Wildman–Crippen MR) is 65.7 cm³/mol. The molecule has 2 nitrogen and oxygen atoms in total. The lowest BCUT2D eigenvalue weighted by Crippen LogP contribution is -2.01. The van der Waals surface area contributed by atoms with E-state index in [1.807, 2.05) is 0 Å². The number of rotatable bonds is 7. The maximum absolute atomic E-state index is 10.5. The van der Waals surface area contributed by atoms with Crippen molar-refractivity contribution >= 4 is 5.97 Å². The average molecular weight is 210 g/mol. The van der Waals surface area contributed by atoms with Gasteiger partial charge in [-0.1, -0.05) is 58.1 Å². The summed E-state index contributed by atoms with van der Waals surface area (Å²) < 4.78 is 4.78. The number of ether oxygens (including phenoxy) is 1. The molecule has 0 spiro atoms. The van der Waals surface area contributed by atoms with E-state index in [0.29, 0.717) is 6.61 Å². The number of hydrogen-bond acceptors (Lipinski definition) is 2. The Hall–Kier alpha value is -1.31. The summed E-state index contributed by atoms with van der Waals surface area (Å²) in [5.41, 5.74) is 0. The van der Waals surface area contributed by atoms with Gasteiger partial charge in [0, 0.05) is 6.08 Å². The first-order valence-electron chi connectivity index (χ1n) is 5.25. The van der Waals surface area contributed by atoms with Crippen molar-refractivity contribution in [1.29, 1.82) is 0 Å². The Bertz CT molecular complexity index is 177. The van der Waals surface area contributed by atoms with E-state index in [1.54, 1.807) is 12.2 Å².